The Bertz CT molecular complexity index is 876. The molecule has 9 heteroatoms. The molecule has 0 aliphatic rings. The average Bonchev–Trinajstić information content (AvgIpc) is 2.99. The van der Waals surface area contributed by atoms with E-state index in [-0.39, 0.29) is 11.4 Å². The van der Waals surface area contributed by atoms with Crippen molar-refractivity contribution in [2.45, 2.75) is 6.92 Å². The van der Waals surface area contributed by atoms with E-state index in [4.69, 9.17) is 5.11 Å². The Labute approximate surface area is 122 Å². The average molecular weight is 307 g/mol. The number of nitrogens with zero attached hydrogens (tertiary/aromatic N) is 3. The third-order valence-corrected chi connectivity index (χ3v) is 3.23. The summed E-state index contributed by atoms with van der Waals surface area (Å²) in [6, 6.07) is 1.49. The summed E-state index contributed by atoms with van der Waals surface area (Å²) in [4.78, 5) is 12.1. The van der Waals surface area contributed by atoms with Gasteiger partial charge in [-0.1, -0.05) is 0 Å². The topological polar surface area (TPSA) is 95.8 Å². The minimum absolute atomic E-state index is 0.267. The number of carbonyl (C=O) groups excluding carboxylic acids is 1. The zero-order valence-electron chi connectivity index (χ0n) is 11.6. The highest BCUT2D eigenvalue weighted by Crippen LogP contribution is 2.25. The maximum absolute atomic E-state index is 13.3. The van der Waals surface area contributed by atoms with Gasteiger partial charge in [-0.3, -0.25) is 9.89 Å². The SMILES string of the molecule is Cc1nn(C)c2n[nH]c(NC(=O)c3cc(F)c(O)c(F)c3)c12. The highest BCUT2D eigenvalue weighted by atomic mass is 19.1. The molecule has 3 aromatic rings. The minimum Gasteiger partial charge on any atom is -0.503 e. The number of phenols is 1. The molecule has 114 valence electrons. The van der Waals surface area contributed by atoms with E-state index in [1.165, 1.54) is 4.68 Å². The van der Waals surface area contributed by atoms with Crippen LogP contribution in [0.25, 0.3) is 11.0 Å². The first-order valence-electron chi connectivity index (χ1n) is 6.25. The number of phenolic OH excluding ortho intramolecular Hbond substituents is 1. The summed E-state index contributed by atoms with van der Waals surface area (Å²) < 4.78 is 28.1. The molecular formula is C13H11F2N5O2. The van der Waals surface area contributed by atoms with E-state index in [0.717, 1.165) is 12.1 Å². The van der Waals surface area contributed by atoms with E-state index in [1.807, 2.05) is 0 Å². The fourth-order valence-corrected chi connectivity index (χ4v) is 2.20. The fourth-order valence-electron chi connectivity index (χ4n) is 2.20. The number of benzene rings is 1. The van der Waals surface area contributed by atoms with Crippen molar-refractivity contribution in [2.24, 2.45) is 7.05 Å². The number of halogens is 2. The largest absolute Gasteiger partial charge is 0.503 e. The third kappa shape index (κ3) is 2.07. The maximum atomic E-state index is 13.3. The molecule has 0 saturated carbocycles. The third-order valence-electron chi connectivity index (χ3n) is 3.23. The van der Waals surface area contributed by atoms with Crippen LogP contribution in [-0.4, -0.2) is 31.0 Å². The number of hydrogen-bond donors (Lipinski definition) is 3. The zero-order chi connectivity index (χ0) is 16.0. The van der Waals surface area contributed by atoms with Crippen molar-refractivity contribution < 1.29 is 18.7 Å². The van der Waals surface area contributed by atoms with Gasteiger partial charge < -0.3 is 10.4 Å². The monoisotopic (exact) mass is 307 g/mol. The number of hydrogen-bond acceptors (Lipinski definition) is 4. The standard InChI is InChI=1S/C13H11F2N5O2/c1-5-9-11(17-18-12(9)20(2)19-5)16-13(22)6-3-7(14)10(21)8(15)4-6/h3-4,21H,1-2H3,(H2,16,17,18,22). The van der Waals surface area contributed by atoms with Crippen molar-refractivity contribution >= 4 is 22.8 Å². The molecule has 22 heavy (non-hydrogen) atoms. The molecule has 1 aromatic carbocycles. The molecule has 0 saturated heterocycles. The predicted octanol–water partition coefficient (Wildman–Crippen LogP) is 1.84. The molecule has 0 atom stereocenters. The van der Waals surface area contributed by atoms with Crippen molar-refractivity contribution in [3.63, 3.8) is 0 Å². The molecule has 1 amide bonds. The Balaban J connectivity index is 1.97. The molecule has 2 aromatic heterocycles. The molecule has 2 heterocycles. The van der Waals surface area contributed by atoms with Gasteiger partial charge in [0.05, 0.1) is 11.1 Å². The van der Waals surface area contributed by atoms with Gasteiger partial charge in [-0.05, 0) is 19.1 Å². The summed E-state index contributed by atoms with van der Waals surface area (Å²) in [6.07, 6.45) is 0. The molecular weight excluding hydrogens is 296 g/mol. The summed E-state index contributed by atoms with van der Waals surface area (Å²) in [7, 11) is 1.70. The molecule has 0 unspecified atom stereocenters. The van der Waals surface area contributed by atoms with Crippen LogP contribution in [0.1, 0.15) is 16.1 Å². The van der Waals surface area contributed by atoms with Crippen molar-refractivity contribution in [1.29, 1.82) is 0 Å². The quantitative estimate of drug-likeness (QED) is 0.673. The fraction of sp³-hybridized carbons (Fsp3) is 0.154. The van der Waals surface area contributed by atoms with Gasteiger partial charge in [0, 0.05) is 12.6 Å². The van der Waals surface area contributed by atoms with Crippen LogP contribution in [0.5, 0.6) is 5.75 Å². The molecule has 0 fully saturated rings. The van der Waals surface area contributed by atoms with Crippen LogP contribution in [0.2, 0.25) is 0 Å². The number of fused-ring (bicyclic) bond motifs is 1. The Kier molecular flexibility index (Phi) is 3.05. The molecule has 7 nitrogen and oxygen atoms in total. The number of nitrogens with one attached hydrogen (secondary N) is 2. The van der Waals surface area contributed by atoms with Crippen LogP contribution in [0.15, 0.2) is 12.1 Å². The van der Waals surface area contributed by atoms with Crippen molar-refractivity contribution in [3.8, 4) is 5.75 Å². The molecule has 0 radical (unpaired) electrons. The number of H-pyrrole nitrogens is 1. The number of carbonyl (C=O) groups is 1. The summed E-state index contributed by atoms with van der Waals surface area (Å²) >= 11 is 0. The molecule has 0 aliphatic heterocycles. The number of aromatic hydroxyl groups is 1. The lowest BCUT2D eigenvalue weighted by atomic mass is 10.2. The Morgan fingerprint density at radius 1 is 1.36 bits per heavy atom. The lowest BCUT2D eigenvalue weighted by Crippen LogP contribution is -2.13. The van der Waals surface area contributed by atoms with Gasteiger partial charge >= 0.3 is 0 Å². The molecule has 0 aliphatic carbocycles. The van der Waals surface area contributed by atoms with Gasteiger partial charge in [0.25, 0.3) is 5.91 Å². The van der Waals surface area contributed by atoms with Crippen LogP contribution < -0.4 is 5.32 Å². The molecule has 0 spiro atoms. The number of aromatic amines is 1. The van der Waals surface area contributed by atoms with Gasteiger partial charge in [-0.2, -0.15) is 10.2 Å². The highest BCUT2D eigenvalue weighted by molar-refractivity contribution is 6.08. The first kappa shape index (κ1) is 14.0. The second-order valence-electron chi connectivity index (χ2n) is 4.75. The van der Waals surface area contributed by atoms with Crippen molar-refractivity contribution in [2.75, 3.05) is 5.32 Å². The van der Waals surface area contributed by atoms with Crippen LogP contribution in [-0.2, 0) is 7.05 Å². The van der Waals surface area contributed by atoms with Crippen LogP contribution in [0.3, 0.4) is 0 Å². The van der Waals surface area contributed by atoms with E-state index in [1.54, 1.807) is 14.0 Å². The number of amides is 1. The van der Waals surface area contributed by atoms with Gasteiger partial charge in [0.2, 0.25) is 0 Å². The van der Waals surface area contributed by atoms with Gasteiger partial charge in [-0.15, -0.1) is 0 Å². The Hall–Kier alpha value is -2.97. The number of rotatable bonds is 2. The second kappa shape index (κ2) is 4.79. The lowest BCUT2D eigenvalue weighted by molar-refractivity contribution is 0.102. The van der Waals surface area contributed by atoms with Crippen molar-refractivity contribution in [3.05, 3.63) is 35.0 Å². The summed E-state index contributed by atoms with van der Waals surface area (Å²) in [5.41, 5.74) is 0.914. The van der Waals surface area contributed by atoms with E-state index >= 15 is 0 Å². The smallest absolute Gasteiger partial charge is 0.257 e. The number of aryl methyl sites for hydroxylation is 2. The Morgan fingerprint density at radius 2 is 2.00 bits per heavy atom. The highest BCUT2D eigenvalue weighted by Gasteiger charge is 2.18. The summed E-state index contributed by atoms with van der Waals surface area (Å²) in [5.74, 6) is -4.01. The van der Waals surface area contributed by atoms with E-state index in [9.17, 15) is 13.6 Å². The summed E-state index contributed by atoms with van der Waals surface area (Å²) in [6.45, 7) is 1.74. The van der Waals surface area contributed by atoms with Gasteiger partial charge in [-0.25, -0.2) is 13.5 Å². The Morgan fingerprint density at radius 3 is 2.64 bits per heavy atom. The number of aromatic nitrogens is 4. The first-order valence-corrected chi connectivity index (χ1v) is 6.25. The molecule has 0 bridgehead atoms. The van der Waals surface area contributed by atoms with E-state index in [2.05, 4.69) is 20.6 Å². The molecule has 3 rings (SSSR count). The lowest BCUT2D eigenvalue weighted by Gasteiger charge is -2.05. The zero-order valence-corrected chi connectivity index (χ0v) is 11.6. The second-order valence-corrected chi connectivity index (χ2v) is 4.75. The van der Waals surface area contributed by atoms with Crippen molar-refractivity contribution in [1.82, 2.24) is 20.0 Å². The maximum Gasteiger partial charge on any atom is 0.257 e. The van der Waals surface area contributed by atoms with Crippen LogP contribution in [0, 0.1) is 18.6 Å². The normalized spacial score (nSPS) is 11.1. The predicted molar refractivity (Wildman–Crippen MR) is 73.6 cm³/mol. The van der Waals surface area contributed by atoms with E-state index in [0.29, 0.717) is 16.7 Å². The number of anilines is 1. The van der Waals surface area contributed by atoms with E-state index < -0.39 is 23.3 Å². The molecule has 3 N–H and O–H groups in total. The summed E-state index contributed by atoms with van der Waals surface area (Å²) in [5, 5.41) is 22.9. The van der Waals surface area contributed by atoms with Crippen LogP contribution in [0.4, 0.5) is 14.6 Å². The van der Waals surface area contributed by atoms with Gasteiger partial charge in [0.1, 0.15) is 5.82 Å². The van der Waals surface area contributed by atoms with Gasteiger partial charge in [0.15, 0.2) is 23.0 Å². The minimum atomic E-state index is -1.21. The first-order chi connectivity index (χ1) is 10.4. The van der Waals surface area contributed by atoms with Crippen LogP contribution >= 0.6 is 0 Å².